The van der Waals surface area contributed by atoms with Crippen LogP contribution in [0.5, 0.6) is 0 Å². The summed E-state index contributed by atoms with van der Waals surface area (Å²) in [6, 6.07) is 0. The molecular weight excluding hydrogens is 289 g/mol. The molecule has 1 atom stereocenters. The highest BCUT2D eigenvalue weighted by Gasteiger charge is 2.16. The van der Waals surface area contributed by atoms with Gasteiger partial charge < -0.3 is 28.9 Å². The van der Waals surface area contributed by atoms with E-state index in [4.69, 9.17) is 0 Å². The second-order valence-electron chi connectivity index (χ2n) is 3.74. The third kappa shape index (κ3) is 5.14. The van der Waals surface area contributed by atoms with Crippen molar-refractivity contribution in [2.24, 2.45) is 5.10 Å². The number of unbranched alkanes of at least 4 members (excludes halogenated alkanes) is 2. The molecule has 0 aromatic carbocycles. The molecule has 3 nitrogen and oxygen atoms in total. The largest absolute Gasteiger partial charge is 1.00 e. The van der Waals surface area contributed by atoms with E-state index in [1.165, 1.54) is 43.8 Å². The van der Waals surface area contributed by atoms with Crippen LogP contribution in [0, 0.1) is 0 Å². The number of hydrogen-bond acceptors (Lipinski definition) is 2. The predicted octanol–water partition coefficient (Wildman–Crippen LogP) is -2.31. The Morgan fingerprint density at radius 2 is 2.00 bits per heavy atom. The summed E-state index contributed by atoms with van der Waals surface area (Å²) in [5.41, 5.74) is 0. The van der Waals surface area contributed by atoms with Crippen LogP contribution in [0.25, 0.3) is 0 Å². The van der Waals surface area contributed by atoms with Crippen LogP contribution in [0.2, 0.25) is 0 Å². The third-order valence-electron chi connectivity index (χ3n) is 2.41. The number of hydrogen-bond donors (Lipinski definition) is 1. The molecule has 1 unspecified atom stereocenters. The lowest BCUT2D eigenvalue weighted by Gasteiger charge is -2.13. The average molecular weight is 311 g/mol. The summed E-state index contributed by atoms with van der Waals surface area (Å²) in [6.45, 7) is 7.91. The minimum absolute atomic E-state index is 0. The van der Waals surface area contributed by atoms with Crippen LogP contribution in [-0.4, -0.2) is 31.0 Å². The van der Waals surface area contributed by atoms with Crippen molar-refractivity contribution in [3.63, 3.8) is 0 Å². The number of rotatable bonds is 6. The highest BCUT2D eigenvalue weighted by atomic mass is 127. The molecule has 1 aliphatic heterocycles. The first-order valence-corrected chi connectivity index (χ1v) is 5.49. The molecule has 1 N–H and O–H groups in total. The van der Waals surface area contributed by atoms with E-state index < -0.39 is 0 Å². The van der Waals surface area contributed by atoms with Gasteiger partial charge in [-0.2, -0.15) is 5.01 Å². The van der Waals surface area contributed by atoms with E-state index in [2.05, 4.69) is 23.8 Å². The zero-order valence-corrected chi connectivity index (χ0v) is 11.5. The van der Waals surface area contributed by atoms with Gasteiger partial charge >= 0.3 is 0 Å². The Morgan fingerprint density at radius 1 is 1.29 bits per heavy atom. The van der Waals surface area contributed by atoms with Crippen molar-refractivity contribution in [1.82, 2.24) is 4.90 Å². The second-order valence-corrected chi connectivity index (χ2v) is 3.74. The lowest BCUT2D eigenvalue weighted by Crippen LogP contribution is -3.07. The lowest BCUT2D eigenvalue weighted by atomic mass is 10.3. The van der Waals surface area contributed by atoms with E-state index in [-0.39, 0.29) is 24.0 Å². The van der Waals surface area contributed by atoms with Crippen LogP contribution in [0.3, 0.4) is 0 Å². The maximum Gasteiger partial charge on any atom is 0.178 e. The Morgan fingerprint density at radius 3 is 2.64 bits per heavy atom. The average Bonchev–Trinajstić information content (AvgIpc) is 2.59. The van der Waals surface area contributed by atoms with Crippen LogP contribution in [0.15, 0.2) is 5.10 Å². The van der Waals surface area contributed by atoms with Crippen molar-refractivity contribution in [2.45, 2.75) is 39.5 Å². The molecule has 0 amide bonds. The van der Waals surface area contributed by atoms with Crippen molar-refractivity contribution in [2.75, 3.05) is 19.8 Å². The van der Waals surface area contributed by atoms with Gasteiger partial charge in [0.15, 0.2) is 13.0 Å². The first-order chi connectivity index (χ1) is 6.36. The quantitative estimate of drug-likeness (QED) is 0.547. The van der Waals surface area contributed by atoms with E-state index >= 15 is 0 Å². The van der Waals surface area contributed by atoms with Crippen LogP contribution in [-0.2, 0) is 0 Å². The molecule has 84 valence electrons. The molecule has 1 rings (SSSR count). The van der Waals surface area contributed by atoms with Gasteiger partial charge in [-0.25, -0.2) is 0 Å². The molecule has 1 aliphatic rings. The van der Waals surface area contributed by atoms with Gasteiger partial charge in [-0.15, -0.1) is 0 Å². The number of nitrogens with one attached hydrogen (secondary N) is 1. The van der Waals surface area contributed by atoms with Crippen molar-refractivity contribution in [1.29, 1.82) is 0 Å². The molecule has 4 heteroatoms. The minimum atomic E-state index is 0. The van der Waals surface area contributed by atoms with Gasteiger partial charge in [-0.3, -0.25) is 0 Å². The monoisotopic (exact) mass is 311 g/mol. The van der Waals surface area contributed by atoms with E-state index in [9.17, 15) is 0 Å². The molecule has 0 bridgehead atoms. The van der Waals surface area contributed by atoms with E-state index in [1.54, 1.807) is 0 Å². The van der Waals surface area contributed by atoms with Gasteiger partial charge in [0.1, 0.15) is 6.54 Å². The standard InChI is InChI=1S/C10H21N3.HI/c1-3-5-7-12-9-11-13(10-12)8-6-4-2;/h9H,3-8,10H2,1-2H3;1H. The Balaban J connectivity index is 0.00000169. The van der Waals surface area contributed by atoms with Gasteiger partial charge in [0.2, 0.25) is 0 Å². The Hall–Kier alpha value is 0.160. The van der Waals surface area contributed by atoms with Crippen molar-refractivity contribution in [3.8, 4) is 0 Å². The summed E-state index contributed by atoms with van der Waals surface area (Å²) >= 11 is 0. The van der Waals surface area contributed by atoms with Gasteiger partial charge in [0, 0.05) is 6.54 Å². The Bertz CT molecular complexity index is 145. The molecule has 0 saturated heterocycles. The molecule has 0 spiro atoms. The SMILES string of the molecule is CCCCN1C=N[NH+](CCCC)C1.[I-]. The minimum Gasteiger partial charge on any atom is -1.00 e. The molecule has 0 fully saturated rings. The summed E-state index contributed by atoms with van der Waals surface area (Å²) in [5, 5.41) is 5.80. The van der Waals surface area contributed by atoms with Crippen LogP contribution in [0.4, 0.5) is 0 Å². The van der Waals surface area contributed by atoms with Crippen molar-refractivity contribution < 1.29 is 29.0 Å². The number of halogens is 1. The van der Waals surface area contributed by atoms with Gasteiger partial charge in [-0.1, -0.05) is 31.8 Å². The van der Waals surface area contributed by atoms with Crippen LogP contribution in [0.1, 0.15) is 39.5 Å². The van der Waals surface area contributed by atoms with E-state index in [0.29, 0.717) is 0 Å². The zero-order valence-electron chi connectivity index (χ0n) is 9.30. The summed E-state index contributed by atoms with van der Waals surface area (Å²) in [4.78, 5) is 2.33. The van der Waals surface area contributed by atoms with E-state index in [1.807, 2.05) is 6.34 Å². The Labute approximate surface area is 105 Å². The molecule has 0 aromatic rings. The fourth-order valence-corrected chi connectivity index (χ4v) is 1.50. The van der Waals surface area contributed by atoms with Gasteiger partial charge in [-0.05, 0) is 12.8 Å². The zero-order chi connectivity index (χ0) is 9.52. The third-order valence-corrected chi connectivity index (χ3v) is 2.41. The first kappa shape index (κ1) is 14.2. The van der Waals surface area contributed by atoms with Crippen molar-refractivity contribution in [3.05, 3.63) is 0 Å². The van der Waals surface area contributed by atoms with Crippen LogP contribution >= 0.6 is 0 Å². The normalized spacial score (nSPS) is 19.9. The predicted molar refractivity (Wildman–Crippen MR) is 55.7 cm³/mol. The highest BCUT2D eigenvalue weighted by Crippen LogP contribution is 1.92. The fourth-order valence-electron chi connectivity index (χ4n) is 1.50. The molecule has 0 radical (unpaired) electrons. The second kappa shape index (κ2) is 8.47. The molecular formula is C10H22IN3. The summed E-state index contributed by atoms with van der Waals surface area (Å²) in [6.07, 6.45) is 7.13. The smallest absolute Gasteiger partial charge is 0.178 e. The first-order valence-electron chi connectivity index (χ1n) is 5.49. The summed E-state index contributed by atoms with van der Waals surface area (Å²) in [7, 11) is 0. The molecule has 0 aromatic heterocycles. The molecule has 14 heavy (non-hydrogen) atoms. The molecule has 1 heterocycles. The highest BCUT2D eigenvalue weighted by molar-refractivity contribution is 5.54. The van der Waals surface area contributed by atoms with Gasteiger partial charge in [0.25, 0.3) is 0 Å². The molecule has 0 aliphatic carbocycles. The van der Waals surface area contributed by atoms with Crippen molar-refractivity contribution >= 4 is 6.34 Å². The van der Waals surface area contributed by atoms with E-state index in [0.717, 1.165) is 6.67 Å². The fraction of sp³-hybridized carbons (Fsp3) is 0.900. The number of quaternary nitrogens is 1. The maximum atomic E-state index is 4.43. The molecule has 0 saturated carbocycles. The Kier molecular flexibility index (Phi) is 8.56. The lowest BCUT2D eigenvalue weighted by molar-refractivity contribution is -0.908. The number of nitrogens with zero attached hydrogens (tertiary/aromatic N) is 2. The van der Waals surface area contributed by atoms with Gasteiger partial charge in [0.05, 0.1) is 0 Å². The summed E-state index contributed by atoms with van der Waals surface area (Å²) in [5.74, 6) is 0. The maximum absolute atomic E-state index is 4.43. The van der Waals surface area contributed by atoms with Crippen LogP contribution < -0.4 is 29.0 Å². The summed E-state index contributed by atoms with van der Waals surface area (Å²) < 4.78 is 0. The topological polar surface area (TPSA) is 20.0 Å².